The molecular formula is C15H11BrF3N3O2. The molecule has 0 unspecified atom stereocenters. The molecule has 0 aliphatic carbocycles. The molecule has 0 fully saturated rings. The lowest BCUT2D eigenvalue weighted by Crippen LogP contribution is -2.19. The minimum Gasteiger partial charge on any atom is -0.406 e. The lowest BCUT2D eigenvalue weighted by Gasteiger charge is -2.11. The van der Waals surface area contributed by atoms with Crippen molar-refractivity contribution in [1.82, 2.24) is 14.1 Å². The van der Waals surface area contributed by atoms with Gasteiger partial charge in [0, 0.05) is 18.9 Å². The first-order chi connectivity index (χ1) is 11.2. The van der Waals surface area contributed by atoms with Crippen LogP contribution in [-0.2, 0) is 7.05 Å². The Morgan fingerprint density at radius 2 is 1.83 bits per heavy atom. The number of hydrogen-bond acceptors (Lipinski definition) is 3. The van der Waals surface area contributed by atoms with Gasteiger partial charge in [-0.15, -0.1) is 13.2 Å². The van der Waals surface area contributed by atoms with E-state index in [4.69, 9.17) is 0 Å². The van der Waals surface area contributed by atoms with Gasteiger partial charge in [0.2, 0.25) is 0 Å². The maximum atomic E-state index is 12.6. The predicted molar refractivity (Wildman–Crippen MR) is 85.4 cm³/mol. The van der Waals surface area contributed by atoms with E-state index in [0.29, 0.717) is 21.5 Å². The molecule has 0 bridgehead atoms. The van der Waals surface area contributed by atoms with Crippen LogP contribution in [0, 0.1) is 6.92 Å². The zero-order valence-corrected chi connectivity index (χ0v) is 14.1. The first-order valence-electron chi connectivity index (χ1n) is 6.78. The van der Waals surface area contributed by atoms with Crippen LogP contribution in [0.25, 0.3) is 16.7 Å². The van der Waals surface area contributed by atoms with Crippen LogP contribution < -0.4 is 10.3 Å². The van der Waals surface area contributed by atoms with Crippen molar-refractivity contribution < 1.29 is 17.9 Å². The molecule has 0 atom stereocenters. The molecule has 0 amide bonds. The van der Waals surface area contributed by atoms with Crippen LogP contribution in [0.2, 0.25) is 0 Å². The molecule has 5 nitrogen and oxygen atoms in total. The molecule has 126 valence electrons. The Kier molecular flexibility index (Phi) is 3.90. The molecular weight excluding hydrogens is 391 g/mol. The fourth-order valence-electron chi connectivity index (χ4n) is 2.38. The molecule has 24 heavy (non-hydrogen) atoms. The number of aromatic nitrogens is 3. The number of hydrogen-bond donors (Lipinski definition) is 0. The quantitative estimate of drug-likeness (QED) is 0.657. The third kappa shape index (κ3) is 2.91. The number of imidazole rings is 1. The van der Waals surface area contributed by atoms with Crippen LogP contribution >= 0.6 is 15.9 Å². The normalized spacial score (nSPS) is 11.9. The molecule has 0 spiro atoms. The molecule has 1 aromatic carbocycles. The first-order valence-corrected chi connectivity index (χ1v) is 7.57. The van der Waals surface area contributed by atoms with Crippen molar-refractivity contribution in [3.63, 3.8) is 0 Å². The monoisotopic (exact) mass is 401 g/mol. The fourth-order valence-corrected chi connectivity index (χ4v) is 3.04. The third-order valence-corrected chi connectivity index (χ3v) is 4.14. The fraction of sp³-hybridized carbons (Fsp3) is 0.200. The second kappa shape index (κ2) is 5.66. The Morgan fingerprint density at radius 3 is 2.42 bits per heavy atom. The van der Waals surface area contributed by atoms with E-state index < -0.39 is 6.36 Å². The summed E-state index contributed by atoms with van der Waals surface area (Å²) >= 11 is 3.40. The summed E-state index contributed by atoms with van der Waals surface area (Å²) in [7, 11) is 1.79. The average Bonchev–Trinajstić information content (AvgIpc) is 2.79. The van der Waals surface area contributed by atoms with Crippen molar-refractivity contribution in [2.75, 3.05) is 0 Å². The Hall–Kier alpha value is -2.29. The lowest BCUT2D eigenvalue weighted by molar-refractivity contribution is -0.274. The van der Waals surface area contributed by atoms with E-state index in [1.165, 1.54) is 16.7 Å². The summed E-state index contributed by atoms with van der Waals surface area (Å²) in [6, 6.07) is 5.04. The van der Waals surface area contributed by atoms with Crippen molar-refractivity contribution in [3.05, 3.63) is 51.1 Å². The minimum absolute atomic E-state index is 0.278. The summed E-state index contributed by atoms with van der Waals surface area (Å²) in [4.78, 5) is 16.9. The minimum atomic E-state index is -4.76. The molecule has 9 heteroatoms. The first kappa shape index (κ1) is 16.6. The van der Waals surface area contributed by atoms with E-state index in [0.717, 1.165) is 12.1 Å². The van der Waals surface area contributed by atoms with Gasteiger partial charge in [0.25, 0.3) is 5.56 Å². The molecule has 2 aromatic heterocycles. The van der Waals surface area contributed by atoms with E-state index in [1.54, 1.807) is 24.7 Å². The van der Waals surface area contributed by atoms with Crippen molar-refractivity contribution in [2.24, 2.45) is 7.05 Å². The Morgan fingerprint density at radius 1 is 1.21 bits per heavy atom. The van der Waals surface area contributed by atoms with Crippen LogP contribution in [0.1, 0.15) is 5.82 Å². The zero-order valence-electron chi connectivity index (χ0n) is 12.6. The van der Waals surface area contributed by atoms with Crippen molar-refractivity contribution in [3.8, 4) is 11.4 Å². The number of benzene rings is 1. The molecule has 0 aliphatic heterocycles. The van der Waals surface area contributed by atoms with Crippen LogP contribution in [0.5, 0.6) is 5.75 Å². The van der Waals surface area contributed by atoms with Gasteiger partial charge in [0.05, 0.1) is 9.99 Å². The third-order valence-electron chi connectivity index (χ3n) is 3.56. The molecule has 3 rings (SSSR count). The van der Waals surface area contributed by atoms with E-state index in [-0.39, 0.29) is 16.8 Å². The van der Waals surface area contributed by atoms with Crippen molar-refractivity contribution >= 4 is 27.0 Å². The van der Waals surface area contributed by atoms with Crippen LogP contribution in [-0.4, -0.2) is 20.5 Å². The molecule has 0 saturated carbocycles. The van der Waals surface area contributed by atoms with Gasteiger partial charge in [-0.05, 0) is 47.1 Å². The summed E-state index contributed by atoms with van der Waals surface area (Å²) in [5.74, 6) is 0.322. The number of fused-ring (bicyclic) bond motifs is 1. The maximum Gasteiger partial charge on any atom is 0.573 e. The highest BCUT2D eigenvalue weighted by atomic mass is 79.9. The lowest BCUT2D eigenvalue weighted by atomic mass is 10.3. The van der Waals surface area contributed by atoms with E-state index in [2.05, 4.69) is 25.7 Å². The maximum absolute atomic E-state index is 12.6. The Labute approximate surface area is 142 Å². The van der Waals surface area contributed by atoms with E-state index >= 15 is 0 Å². The predicted octanol–water partition coefficient (Wildman–Crippen LogP) is 3.69. The van der Waals surface area contributed by atoms with E-state index in [1.807, 2.05) is 0 Å². The SMILES string of the molecule is Cc1nc2c(=O)n(-c3ccc(OC(F)(F)F)cc3)cc(Br)c2n1C. The van der Waals surface area contributed by atoms with Gasteiger partial charge >= 0.3 is 6.36 Å². The number of halogens is 4. The highest BCUT2D eigenvalue weighted by molar-refractivity contribution is 9.10. The number of rotatable bonds is 2. The standard InChI is InChI=1S/C15H11BrF3N3O2/c1-8-20-12-13(21(8)2)11(16)7-22(14(12)23)9-3-5-10(6-4-9)24-15(17,18)19/h3-7H,1-2H3. The topological polar surface area (TPSA) is 49.1 Å². The second-order valence-electron chi connectivity index (χ2n) is 5.11. The van der Waals surface area contributed by atoms with Gasteiger partial charge in [-0.2, -0.15) is 0 Å². The van der Waals surface area contributed by atoms with E-state index in [9.17, 15) is 18.0 Å². The van der Waals surface area contributed by atoms with Gasteiger partial charge in [0.1, 0.15) is 11.6 Å². The summed E-state index contributed by atoms with van der Waals surface area (Å²) < 4.78 is 44.2. The summed E-state index contributed by atoms with van der Waals surface area (Å²) in [5.41, 5.74) is 0.979. The zero-order chi connectivity index (χ0) is 17.6. The van der Waals surface area contributed by atoms with Gasteiger partial charge in [0.15, 0.2) is 5.52 Å². The summed E-state index contributed by atoms with van der Waals surface area (Å²) in [6.45, 7) is 1.78. The molecule has 2 heterocycles. The summed E-state index contributed by atoms with van der Waals surface area (Å²) in [6.07, 6.45) is -3.20. The smallest absolute Gasteiger partial charge is 0.406 e. The molecule has 0 radical (unpaired) electrons. The van der Waals surface area contributed by atoms with Gasteiger partial charge in [-0.1, -0.05) is 0 Å². The highest BCUT2D eigenvalue weighted by Gasteiger charge is 2.31. The van der Waals surface area contributed by atoms with Gasteiger partial charge in [-0.25, -0.2) is 4.98 Å². The molecule has 0 N–H and O–H groups in total. The Bertz CT molecular complexity index is 975. The van der Waals surface area contributed by atoms with Gasteiger partial charge < -0.3 is 9.30 Å². The van der Waals surface area contributed by atoms with Crippen LogP contribution in [0.4, 0.5) is 13.2 Å². The molecule has 0 saturated heterocycles. The van der Waals surface area contributed by atoms with Crippen molar-refractivity contribution in [2.45, 2.75) is 13.3 Å². The molecule has 3 aromatic rings. The second-order valence-corrected chi connectivity index (χ2v) is 5.96. The largest absolute Gasteiger partial charge is 0.573 e. The summed E-state index contributed by atoms with van der Waals surface area (Å²) in [5, 5.41) is 0. The van der Waals surface area contributed by atoms with Crippen LogP contribution in [0.15, 0.2) is 39.7 Å². The molecule has 0 aliphatic rings. The average molecular weight is 402 g/mol. The highest BCUT2D eigenvalue weighted by Crippen LogP contribution is 2.25. The van der Waals surface area contributed by atoms with Crippen LogP contribution in [0.3, 0.4) is 0 Å². The number of aryl methyl sites for hydroxylation is 2. The Balaban J connectivity index is 2.10. The number of alkyl halides is 3. The van der Waals surface area contributed by atoms with Gasteiger partial charge in [-0.3, -0.25) is 9.36 Å². The number of nitrogens with zero attached hydrogens (tertiary/aromatic N) is 3. The number of pyridine rings is 1. The van der Waals surface area contributed by atoms with Crippen molar-refractivity contribution in [1.29, 1.82) is 0 Å². The number of ether oxygens (including phenoxy) is 1.